The molecule has 2 heteroatoms. The van der Waals surface area contributed by atoms with Crippen LogP contribution in [0.4, 0.5) is 0 Å². The van der Waals surface area contributed by atoms with Gasteiger partial charge < -0.3 is 0 Å². The third-order valence-electron chi connectivity index (χ3n) is 3.01. The Kier molecular flexibility index (Phi) is 5.20. The van der Waals surface area contributed by atoms with Crippen molar-refractivity contribution in [2.24, 2.45) is 0 Å². The molecule has 1 N–H and O–H groups in total. The van der Waals surface area contributed by atoms with Gasteiger partial charge in [0.25, 0.3) is 0 Å². The number of hydrogen-bond acceptors (Lipinski definition) is 1. The summed E-state index contributed by atoms with van der Waals surface area (Å²) in [6, 6.07) is 19.1. The van der Waals surface area contributed by atoms with E-state index < -0.39 is 0 Å². The van der Waals surface area contributed by atoms with E-state index in [1.165, 1.54) is 11.1 Å². The van der Waals surface area contributed by atoms with Crippen LogP contribution in [-0.2, 0) is 6.42 Å². The molecule has 19 heavy (non-hydrogen) atoms. The van der Waals surface area contributed by atoms with E-state index in [1.54, 1.807) is 0 Å². The quantitative estimate of drug-likeness (QED) is 0.824. The van der Waals surface area contributed by atoms with E-state index in [4.69, 9.17) is 6.42 Å². The topological polar surface area (TPSA) is 12.0 Å². The minimum Gasteiger partial charge on any atom is -0.299 e. The maximum absolute atomic E-state index is 5.35. The normalized spacial score (nSPS) is 11.8. The Morgan fingerprint density at radius 2 is 1.74 bits per heavy atom. The van der Waals surface area contributed by atoms with Crippen molar-refractivity contribution in [1.82, 2.24) is 5.32 Å². The molecule has 0 aliphatic heterocycles. The number of hydrogen-bond donors (Lipinski definition) is 1. The Morgan fingerprint density at radius 3 is 2.37 bits per heavy atom. The highest BCUT2D eigenvalue weighted by molar-refractivity contribution is 9.10. The van der Waals surface area contributed by atoms with Gasteiger partial charge in [0.15, 0.2) is 0 Å². The fourth-order valence-corrected chi connectivity index (χ4v) is 2.30. The van der Waals surface area contributed by atoms with Crippen molar-refractivity contribution in [1.29, 1.82) is 0 Å². The predicted octanol–water partition coefficient (Wildman–Crippen LogP) is 3.96. The van der Waals surface area contributed by atoms with Crippen molar-refractivity contribution in [2.75, 3.05) is 6.54 Å². The molecule has 0 saturated heterocycles. The number of benzene rings is 2. The first-order chi connectivity index (χ1) is 9.29. The van der Waals surface area contributed by atoms with Gasteiger partial charge in [-0.05, 0) is 29.7 Å². The Hall–Kier alpha value is -1.56. The van der Waals surface area contributed by atoms with Crippen molar-refractivity contribution >= 4 is 15.9 Å². The maximum Gasteiger partial charge on any atom is 0.0578 e. The molecular weight excluding hydrogens is 298 g/mol. The first-order valence-corrected chi connectivity index (χ1v) is 7.05. The van der Waals surface area contributed by atoms with Crippen LogP contribution in [0.15, 0.2) is 59.1 Å². The van der Waals surface area contributed by atoms with Gasteiger partial charge in [-0.25, -0.2) is 0 Å². The molecule has 0 saturated carbocycles. The van der Waals surface area contributed by atoms with E-state index in [1.807, 2.05) is 6.07 Å². The fraction of sp³-hybridized carbons (Fsp3) is 0.176. The van der Waals surface area contributed by atoms with E-state index in [2.05, 4.69) is 75.7 Å². The molecule has 0 aliphatic rings. The summed E-state index contributed by atoms with van der Waals surface area (Å²) >= 11 is 3.46. The summed E-state index contributed by atoms with van der Waals surface area (Å²) in [4.78, 5) is 0. The van der Waals surface area contributed by atoms with Crippen LogP contribution < -0.4 is 5.32 Å². The molecule has 2 aromatic rings. The number of terminal acetylenes is 1. The van der Waals surface area contributed by atoms with Crippen molar-refractivity contribution in [2.45, 2.75) is 12.5 Å². The fourth-order valence-electron chi connectivity index (χ4n) is 2.03. The smallest absolute Gasteiger partial charge is 0.0578 e. The SMILES string of the molecule is C#CCN[C@H](Cc1ccc(Br)cc1)c1ccccc1. The highest BCUT2D eigenvalue weighted by atomic mass is 79.9. The molecule has 0 radical (unpaired) electrons. The van der Waals surface area contributed by atoms with Crippen LogP contribution in [0.25, 0.3) is 0 Å². The first-order valence-electron chi connectivity index (χ1n) is 6.26. The molecule has 1 nitrogen and oxygen atoms in total. The number of halogens is 1. The van der Waals surface area contributed by atoms with Crippen molar-refractivity contribution < 1.29 is 0 Å². The molecule has 0 unspecified atom stereocenters. The summed E-state index contributed by atoms with van der Waals surface area (Å²) in [5.74, 6) is 2.64. The second kappa shape index (κ2) is 7.13. The van der Waals surface area contributed by atoms with Crippen LogP contribution in [0.1, 0.15) is 17.2 Å². The van der Waals surface area contributed by atoms with Gasteiger partial charge in [0.1, 0.15) is 0 Å². The van der Waals surface area contributed by atoms with Gasteiger partial charge in [-0.2, -0.15) is 0 Å². The lowest BCUT2D eigenvalue weighted by Gasteiger charge is -2.18. The zero-order valence-electron chi connectivity index (χ0n) is 10.6. The van der Waals surface area contributed by atoms with Crippen LogP contribution in [0.5, 0.6) is 0 Å². The van der Waals surface area contributed by atoms with Crippen molar-refractivity contribution in [3.05, 3.63) is 70.2 Å². The zero-order valence-corrected chi connectivity index (χ0v) is 12.2. The molecule has 2 aromatic carbocycles. The lowest BCUT2D eigenvalue weighted by atomic mass is 9.99. The lowest BCUT2D eigenvalue weighted by Crippen LogP contribution is -2.23. The molecule has 0 amide bonds. The van der Waals surface area contributed by atoms with E-state index in [0.717, 1.165) is 10.9 Å². The van der Waals surface area contributed by atoms with Gasteiger partial charge in [0, 0.05) is 10.5 Å². The molecule has 2 rings (SSSR count). The second-order valence-corrected chi connectivity index (χ2v) is 5.29. The predicted molar refractivity (Wildman–Crippen MR) is 83.9 cm³/mol. The van der Waals surface area contributed by atoms with Gasteiger partial charge in [0.05, 0.1) is 6.54 Å². The third-order valence-corrected chi connectivity index (χ3v) is 3.53. The third kappa shape index (κ3) is 4.24. The Bertz CT molecular complexity index is 540. The molecular formula is C17H16BrN. The highest BCUT2D eigenvalue weighted by Gasteiger charge is 2.10. The number of nitrogens with one attached hydrogen (secondary N) is 1. The van der Waals surface area contributed by atoms with Gasteiger partial charge in [-0.15, -0.1) is 6.42 Å². The van der Waals surface area contributed by atoms with Crippen LogP contribution >= 0.6 is 15.9 Å². The molecule has 0 aliphatic carbocycles. The summed E-state index contributed by atoms with van der Waals surface area (Å²) in [5.41, 5.74) is 2.56. The average molecular weight is 314 g/mol. The minimum absolute atomic E-state index is 0.249. The summed E-state index contributed by atoms with van der Waals surface area (Å²) in [7, 11) is 0. The highest BCUT2D eigenvalue weighted by Crippen LogP contribution is 2.19. The van der Waals surface area contributed by atoms with E-state index in [0.29, 0.717) is 6.54 Å². The minimum atomic E-state index is 0.249. The van der Waals surface area contributed by atoms with Crippen molar-refractivity contribution in [3.63, 3.8) is 0 Å². The monoisotopic (exact) mass is 313 g/mol. The number of rotatable bonds is 5. The van der Waals surface area contributed by atoms with Gasteiger partial charge in [0.2, 0.25) is 0 Å². The van der Waals surface area contributed by atoms with Gasteiger partial charge in [-0.1, -0.05) is 64.3 Å². The summed E-state index contributed by atoms with van der Waals surface area (Å²) in [6.07, 6.45) is 6.28. The first kappa shape index (κ1) is 13.9. The van der Waals surface area contributed by atoms with Crippen LogP contribution in [0.2, 0.25) is 0 Å². The van der Waals surface area contributed by atoms with E-state index in [9.17, 15) is 0 Å². The zero-order chi connectivity index (χ0) is 13.5. The lowest BCUT2D eigenvalue weighted by molar-refractivity contribution is 0.569. The molecule has 0 bridgehead atoms. The molecule has 0 heterocycles. The van der Waals surface area contributed by atoms with Crippen molar-refractivity contribution in [3.8, 4) is 12.3 Å². The Labute approximate surface area is 123 Å². The van der Waals surface area contributed by atoms with Crippen LogP contribution in [-0.4, -0.2) is 6.54 Å². The molecule has 1 atom stereocenters. The maximum atomic E-state index is 5.35. The summed E-state index contributed by atoms with van der Waals surface area (Å²) in [6.45, 7) is 0.579. The van der Waals surface area contributed by atoms with E-state index >= 15 is 0 Å². The largest absolute Gasteiger partial charge is 0.299 e. The average Bonchev–Trinajstić information content (AvgIpc) is 2.46. The van der Waals surface area contributed by atoms with Gasteiger partial charge in [-0.3, -0.25) is 5.32 Å². The molecule has 0 aromatic heterocycles. The van der Waals surface area contributed by atoms with Gasteiger partial charge >= 0.3 is 0 Å². The molecule has 0 spiro atoms. The molecule has 96 valence electrons. The summed E-state index contributed by atoms with van der Waals surface area (Å²) in [5, 5.41) is 3.40. The second-order valence-electron chi connectivity index (χ2n) is 4.38. The Morgan fingerprint density at radius 1 is 1.05 bits per heavy atom. The summed E-state index contributed by atoms with van der Waals surface area (Å²) < 4.78 is 1.10. The Balaban J connectivity index is 2.14. The molecule has 0 fully saturated rings. The van der Waals surface area contributed by atoms with Crippen LogP contribution in [0, 0.1) is 12.3 Å². The van der Waals surface area contributed by atoms with Crippen LogP contribution in [0.3, 0.4) is 0 Å². The standard InChI is InChI=1S/C17H16BrN/c1-2-12-19-17(15-6-4-3-5-7-15)13-14-8-10-16(18)11-9-14/h1,3-11,17,19H,12-13H2/t17-/m1/s1. The van der Waals surface area contributed by atoms with E-state index in [-0.39, 0.29) is 6.04 Å².